The Labute approximate surface area is 193 Å². The van der Waals surface area contributed by atoms with Gasteiger partial charge >= 0.3 is 5.97 Å². The van der Waals surface area contributed by atoms with E-state index in [0.717, 1.165) is 17.8 Å². The molecule has 2 aromatic heterocycles. The molecule has 2 aromatic carbocycles. The van der Waals surface area contributed by atoms with Crippen molar-refractivity contribution < 1.29 is 29.8 Å². The third-order valence-corrected chi connectivity index (χ3v) is 6.10. The molecule has 0 saturated carbocycles. The predicted octanol–water partition coefficient (Wildman–Crippen LogP) is 1.88. The van der Waals surface area contributed by atoms with E-state index < -0.39 is 35.3 Å². The molecule has 0 radical (unpaired) electrons. The molecule has 0 bridgehead atoms. The monoisotopic (exact) mass is 464 g/mol. The highest BCUT2D eigenvalue weighted by Crippen LogP contribution is 2.37. The first-order chi connectivity index (χ1) is 16.2. The summed E-state index contributed by atoms with van der Waals surface area (Å²) in [6, 6.07) is 12.5. The van der Waals surface area contributed by atoms with Crippen LogP contribution in [-0.2, 0) is 20.8 Å². The molecular formula is C24H24N4O6. The smallest absolute Gasteiger partial charge is 0.343 e. The summed E-state index contributed by atoms with van der Waals surface area (Å²) in [4.78, 5) is 44.3. The van der Waals surface area contributed by atoms with Gasteiger partial charge in [-0.2, -0.15) is 5.06 Å². The number of benzene rings is 2. The molecule has 0 aliphatic carbocycles. The molecule has 176 valence electrons. The van der Waals surface area contributed by atoms with Crippen molar-refractivity contribution in [3.8, 4) is 0 Å². The fourth-order valence-corrected chi connectivity index (χ4v) is 4.37. The highest BCUT2D eigenvalue weighted by atomic mass is 16.5. The summed E-state index contributed by atoms with van der Waals surface area (Å²) in [5.74, 6) is -4.28. The molecular weight excluding hydrogens is 440 g/mol. The minimum absolute atomic E-state index is 0.0194. The third kappa shape index (κ3) is 3.54. The van der Waals surface area contributed by atoms with Gasteiger partial charge in [0.1, 0.15) is 6.10 Å². The maximum atomic E-state index is 13.6. The predicted molar refractivity (Wildman–Crippen MR) is 123 cm³/mol. The largest absolute Gasteiger partial charge is 0.479 e. The number of aliphatic hydroxyl groups is 1. The van der Waals surface area contributed by atoms with Crippen LogP contribution in [0.4, 0.5) is 0 Å². The van der Waals surface area contributed by atoms with Crippen molar-refractivity contribution in [2.75, 3.05) is 0 Å². The molecule has 0 aliphatic rings. The van der Waals surface area contributed by atoms with Crippen molar-refractivity contribution in [1.82, 2.24) is 15.0 Å². The summed E-state index contributed by atoms with van der Waals surface area (Å²) in [5, 5.41) is 33.1. The van der Waals surface area contributed by atoms with Crippen molar-refractivity contribution in [3.05, 3.63) is 72.1 Å². The zero-order valence-electron chi connectivity index (χ0n) is 18.2. The maximum Gasteiger partial charge on any atom is 0.343 e. The number of hydrogen-bond donors (Lipinski definition) is 6. The number of carbonyl (C=O) groups excluding carboxylic acids is 2. The van der Waals surface area contributed by atoms with Gasteiger partial charge in [-0.1, -0.05) is 36.4 Å². The van der Waals surface area contributed by atoms with Crippen molar-refractivity contribution in [3.63, 3.8) is 0 Å². The second kappa shape index (κ2) is 8.75. The lowest BCUT2D eigenvalue weighted by Crippen LogP contribution is -2.67. The molecule has 34 heavy (non-hydrogen) atoms. The van der Waals surface area contributed by atoms with E-state index in [-0.39, 0.29) is 17.0 Å². The summed E-state index contributed by atoms with van der Waals surface area (Å²) in [6.45, 7) is 0.887. The first-order valence-electron chi connectivity index (χ1n) is 10.5. The van der Waals surface area contributed by atoms with Crippen LogP contribution in [0.5, 0.6) is 0 Å². The van der Waals surface area contributed by atoms with Gasteiger partial charge in [-0.25, -0.2) is 4.79 Å². The number of hydroxylamine groups is 2. The van der Waals surface area contributed by atoms with Crippen LogP contribution in [0.15, 0.2) is 60.9 Å². The van der Waals surface area contributed by atoms with Gasteiger partial charge in [0.25, 0.3) is 5.54 Å². The van der Waals surface area contributed by atoms with Gasteiger partial charge in [-0.05, 0) is 24.1 Å². The number of nitrogens with one attached hydrogen (secondary N) is 2. The van der Waals surface area contributed by atoms with Crippen LogP contribution >= 0.6 is 0 Å². The number of nitrogens with zero attached hydrogens (tertiary/aromatic N) is 1. The van der Waals surface area contributed by atoms with Gasteiger partial charge in [0.2, 0.25) is 5.91 Å². The summed E-state index contributed by atoms with van der Waals surface area (Å²) in [7, 11) is 0. The van der Waals surface area contributed by atoms with Gasteiger partial charge in [-0.3, -0.25) is 14.8 Å². The van der Waals surface area contributed by atoms with Gasteiger partial charge < -0.3 is 25.9 Å². The van der Waals surface area contributed by atoms with Crippen molar-refractivity contribution in [1.29, 1.82) is 0 Å². The number of carboxylic acids is 1. The summed E-state index contributed by atoms with van der Waals surface area (Å²) < 4.78 is 0. The molecule has 10 heteroatoms. The molecule has 2 heterocycles. The number of aliphatic hydroxyl groups excluding tert-OH is 1. The highest BCUT2D eigenvalue weighted by molar-refractivity contribution is 6.13. The quantitative estimate of drug-likeness (QED) is 0.131. The number of ketones is 1. The Kier molecular flexibility index (Phi) is 5.96. The number of amides is 1. The number of H-pyrrole nitrogens is 2. The Morgan fingerprint density at radius 2 is 1.56 bits per heavy atom. The first kappa shape index (κ1) is 23.2. The standard InChI is InChI=1S/C24H24N4O6/c1-13(29)28(34)24(23(32)33,21(30)17-12-27-20-9-5-3-7-16(17)20)22(31)18(25)10-14-11-26-19-8-4-2-6-15(14)19/h2-9,11-12,18,21,26-27,30,34H,10,25H2,1H3,(H,32,33)/t18-,21-,24+/m0/s1. The van der Waals surface area contributed by atoms with Gasteiger partial charge in [-0.15, -0.1) is 0 Å². The van der Waals surface area contributed by atoms with Gasteiger partial charge in [0, 0.05) is 46.7 Å². The van der Waals surface area contributed by atoms with Crippen LogP contribution < -0.4 is 5.73 Å². The van der Waals surface area contributed by atoms with Crippen molar-refractivity contribution in [2.45, 2.75) is 31.0 Å². The first-order valence-corrected chi connectivity index (χ1v) is 10.5. The number of Topliss-reactive ketones (excluding diaryl/α,β-unsaturated/α-hetero) is 1. The molecule has 0 fully saturated rings. The number of rotatable bonds is 8. The lowest BCUT2D eigenvalue weighted by atomic mass is 9.79. The Morgan fingerprint density at radius 3 is 2.18 bits per heavy atom. The Hall–Kier alpha value is -3.99. The number of carboxylic acid groups (broad SMARTS) is 1. The van der Waals surface area contributed by atoms with E-state index in [1.807, 2.05) is 18.2 Å². The van der Waals surface area contributed by atoms with Crippen LogP contribution in [0.3, 0.4) is 0 Å². The van der Waals surface area contributed by atoms with Crippen LogP contribution in [-0.4, -0.2) is 59.7 Å². The highest BCUT2D eigenvalue weighted by Gasteiger charge is 2.60. The Bertz CT molecular complexity index is 1390. The van der Waals surface area contributed by atoms with E-state index in [0.29, 0.717) is 16.5 Å². The number of para-hydroxylation sites is 2. The summed E-state index contributed by atoms with van der Waals surface area (Å²) in [6.07, 6.45) is 0.762. The number of aromatic nitrogens is 2. The Morgan fingerprint density at radius 1 is 1.00 bits per heavy atom. The van der Waals surface area contributed by atoms with E-state index in [1.165, 1.54) is 6.20 Å². The lowest BCUT2D eigenvalue weighted by molar-refractivity contribution is -0.219. The van der Waals surface area contributed by atoms with Crippen LogP contribution in [0, 0.1) is 0 Å². The molecule has 4 rings (SSSR count). The molecule has 4 aromatic rings. The molecule has 0 aliphatic heterocycles. The molecule has 10 nitrogen and oxygen atoms in total. The number of carbonyl (C=O) groups is 3. The molecule has 3 atom stereocenters. The maximum absolute atomic E-state index is 13.6. The lowest BCUT2D eigenvalue weighted by Gasteiger charge is -2.39. The molecule has 0 unspecified atom stereocenters. The van der Waals surface area contributed by atoms with Crippen molar-refractivity contribution in [2.24, 2.45) is 5.73 Å². The molecule has 0 saturated heterocycles. The molecule has 1 amide bonds. The number of aromatic amines is 2. The van der Waals surface area contributed by atoms with Crippen LogP contribution in [0.25, 0.3) is 21.8 Å². The summed E-state index contributed by atoms with van der Waals surface area (Å²) >= 11 is 0. The fourth-order valence-electron chi connectivity index (χ4n) is 4.37. The number of aliphatic carboxylic acids is 1. The SMILES string of the molecule is CC(=O)N(O)[C@@](C(=O)O)(C(=O)[C@@H](N)Cc1c[nH]c2ccccc12)[C@@H](O)c1c[nH]c2ccccc12. The number of hydrogen-bond acceptors (Lipinski definition) is 6. The Balaban J connectivity index is 1.80. The van der Waals surface area contributed by atoms with Crippen molar-refractivity contribution >= 4 is 39.5 Å². The molecule has 7 N–H and O–H groups in total. The fraction of sp³-hybridized carbons (Fsp3) is 0.208. The van der Waals surface area contributed by atoms with E-state index in [9.17, 15) is 29.8 Å². The minimum atomic E-state index is -3.08. The van der Waals surface area contributed by atoms with E-state index in [1.54, 1.807) is 36.5 Å². The minimum Gasteiger partial charge on any atom is -0.479 e. The van der Waals surface area contributed by atoms with E-state index in [2.05, 4.69) is 9.97 Å². The van der Waals surface area contributed by atoms with Gasteiger partial charge in [0.05, 0.1) is 6.04 Å². The molecule has 0 spiro atoms. The average Bonchev–Trinajstić information content (AvgIpc) is 3.43. The average molecular weight is 464 g/mol. The van der Waals surface area contributed by atoms with Crippen LogP contribution in [0.2, 0.25) is 0 Å². The zero-order valence-corrected chi connectivity index (χ0v) is 18.2. The van der Waals surface area contributed by atoms with E-state index in [4.69, 9.17) is 5.73 Å². The van der Waals surface area contributed by atoms with E-state index >= 15 is 0 Å². The second-order valence-electron chi connectivity index (χ2n) is 8.13. The third-order valence-electron chi connectivity index (χ3n) is 6.10. The second-order valence-corrected chi connectivity index (χ2v) is 8.13. The normalized spacial score (nSPS) is 15.1. The zero-order chi connectivity index (χ0) is 24.6. The van der Waals surface area contributed by atoms with Gasteiger partial charge in [0.15, 0.2) is 5.78 Å². The summed E-state index contributed by atoms with van der Waals surface area (Å²) in [5.41, 5.74) is 5.12. The topological polar surface area (TPSA) is 173 Å². The number of fused-ring (bicyclic) bond motifs is 2. The number of nitrogens with two attached hydrogens (primary N) is 1. The van der Waals surface area contributed by atoms with Crippen LogP contribution in [0.1, 0.15) is 24.2 Å².